The number of hydrogen-bond acceptors (Lipinski definition) is 3. The van der Waals surface area contributed by atoms with Gasteiger partial charge in [0.15, 0.2) is 5.96 Å². The van der Waals surface area contributed by atoms with Gasteiger partial charge in [0, 0.05) is 44.6 Å². The molecule has 1 atom stereocenters. The fraction of sp³-hybridized carbons (Fsp3) is 0.700. The Balaban J connectivity index is 1.47. The molecule has 1 aromatic rings. The average Bonchev–Trinajstić information content (AvgIpc) is 3.34. The Bertz CT molecular complexity index is 579. The van der Waals surface area contributed by atoms with Crippen molar-refractivity contribution in [1.29, 1.82) is 0 Å². The summed E-state index contributed by atoms with van der Waals surface area (Å²) in [6.45, 7) is 5.22. The predicted molar refractivity (Wildman–Crippen MR) is 103 cm³/mol. The molecule has 1 aromatic heterocycles. The van der Waals surface area contributed by atoms with E-state index in [0.29, 0.717) is 12.5 Å². The van der Waals surface area contributed by atoms with Crippen molar-refractivity contribution in [2.45, 2.75) is 57.9 Å². The Hall–Kier alpha value is -1.98. The Morgan fingerprint density at radius 2 is 2.15 bits per heavy atom. The molecule has 2 heterocycles. The highest BCUT2D eigenvalue weighted by atomic mass is 16.3. The van der Waals surface area contributed by atoms with Gasteiger partial charge in [-0.1, -0.05) is 19.3 Å². The minimum absolute atomic E-state index is 0.262. The topological polar surface area (TPSA) is 69.9 Å². The van der Waals surface area contributed by atoms with Gasteiger partial charge < -0.3 is 20.0 Å². The Morgan fingerprint density at radius 1 is 1.31 bits per heavy atom. The average molecular weight is 361 g/mol. The van der Waals surface area contributed by atoms with Crippen LogP contribution >= 0.6 is 0 Å². The molecule has 3 rings (SSSR count). The van der Waals surface area contributed by atoms with Gasteiger partial charge in [0.2, 0.25) is 5.91 Å². The fourth-order valence-electron chi connectivity index (χ4n) is 3.93. The van der Waals surface area contributed by atoms with Crippen molar-refractivity contribution in [3.63, 3.8) is 0 Å². The second-order valence-corrected chi connectivity index (χ2v) is 7.34. The zero-order valence-corrected chi connectivity index (χ0v) is 15.9. The largest absolute Gasteiger partial charge is 0.469 e. The van der Waals surface area contributed by atoms with Gasteiger partial charge in [0.1, 0.15) is 5.76 Å². The van der Waals surface area contributed by atoms with Crippen LogP contribution in [0, 0.1) is 5.92 Å². The lowest BCUT2D eigenvalue weighted by atomic mass is 9.88. The van der Waals surface area contributed by atoms with Crippen LogP contribution in [-0.4, -0.2) is 49.0 Å². The predicted octanol–water partition coefficient (Wildman–Crippen LogP) is 2.56. The van der Waals surface area contributed by atoms with E-state index in [0.717, 1.165) is 57.0 Å². The van der Waals surface area contributed by atoms with E-state index in [2.05, 4.69) is 27.4 Å². The third kappa shape index (κ3) is 5.26. The first-order valence-corrected chi connectivity index (χ1v) is 10.1. The number of nitrogens with zero attached hydrogens (tertiary/aromatic N) is 2. The first kappa shape index (κ1) is 18.8. The number of likely N-dealkylation sites (tertiary alicyclic amines) is 1. The van der Waals surface area contributed by atoms with E-state index in [1.54, 1.807) is 6.26 Å². The Labute approximate surface area is 156 Å². The zero-order valence-electron chi connectivity index (χ0n) is 15.9. The lowest BCUT2D eigenvalue weighted by Crippen LogP contribution is -2.45. The second-order valence-electron chi connectivity index (χ2n) is 7.34. The number of nitrogens with one attached hydrogen (secondary N) is 2. The molecule has 1 aliphatic carbocycles. The fourth-order valence-corrected chi connectivity index (χ4v) is 3.93. The molecule has 0 spiro atoms. The molecule has 1 saturated carbocycles. The molecule has 26 heavy (non-hydrogen) atoms. The van der Waals surface area contributed by atoms with Crippen molar-refractivity contribution in [1.82, 2.24) is 15.5 Å². The molecular formula is C20H32N4O2. The molecule has 0 aromatic carbocycles. The number of carbonyl (C=O) groups is 1. The number of aliphatic imine (C=N–C) groups is 1. The van der Waals surface area contributed by atoms with Gasteiger partial charge in [-0.2, -0.15) is 0 Å². The molecule has 1 aliphatic heterocycles. The van der Waals surface area contributed by atoms with Crippen LogP contribution in [-0.2, 0) is 11.2 Å². The molecule has 2 fully saturated rings. The van der Waals surface area contributed by atoms with E-state index < -0.39 is 0 Å². The van der Waals surface area contributed by atoms with Crippen LogP contribution in [0.5, 0.6) is 0 Å². The third-order valence-electron chi connectivity index (χ3n) is 5.35. The van der Waals surface area contributed by atoms with Crippen LogP contribution in [0.2, 0.25) is 0 Å². The standard InChI is InChI=1S/C20H32N4O2/c1-2-21-20(22-12-10-18-9-6-14-26-18)23-17-11-13-24(15-17)19(25)16-7-4-3-5-8-16/h6,9,14,16-17H,2-5,7-8,10-13,15H2,1H3,(H2,21,22,23). The summed E-state index contributed by atoms with van der Waals surface area (Å²) < 4.78 is 5.35. The smallest absolute Gasteiger partial charge is 0.225 e. The van der Waals surface area contributed by atoms with Crippen molar-refractivity contribution < 1.29 is 9.21 Å². The van der Waals surface area contributed by atoms with Gasteiger partial charge in [0.25, 0.3) is 0 Å². The quantitative estimate of drug-likeness (QED) is 0.604. The van der Waals surface area contributed by atoms with Crippen molar-refractivity contribution in [3.05, 3.63) is 24.2 Å². The second kappa shape index (κ2) is 9.64. The van der Waals surface area contributed by atoms with E-state index in [9.17, 15) is 4.79 Å². The number of rotatable bonds is 6. The number of guanidine groups is 1. The van der Waals surface area contributed by atoms with Crippen LogP contribution in [0.1, 0.15) is 51.2 Å². The van der Waals surface area contributed by atoms with Crippen LogP contribution in [0.4, 0.5) is 0 Å². The van der Waals surface area contributed by atoms with Crippen LogP contribution < -0.4 is 10.6 Å². The van der Waals surface area contributed by atoms with Gasteiger partial charge in [-0.05, 0) is 38.3 Å². The molecule has 1 unspecified atom stereocenters. The van der Waals surface area contributed by atoms with Crippen LogP contribution in [0.25, 0.3) is 0 Å². The van der Waals surface area contributed by atoms with E-state index in [1.807, 2.05) is 12.1 Å². The minimum atomic E-state index is 0.262. The summed E-state index contributed by atoms with van der Waals surface area (Å²) in [7, 11) is 0. The number of amides is 1. The first-order chi connectivity index (χ1) is 12.8. The van der Waals surface area contributed by atoms with Crippen molar-refractivity contribution in [2.24, 2.45) is 10.9 Å². The number of furan rings is 1. The van der Waals surface area contributed by atoms with Crippen molar-refractivity contribution >= 4 is 11.9 Å². The molecule has 2 N–H and O–H groups in total. The maximum atomic E-state index is 12.7. The monoisotopic (exact) mass is 360 g/mol. The summed E-state index contributed by atoms with van der Waals surface area (Å²) in [6, 6.07) is 4.16. The number of hydrogen-bond donors (Lipinski definition) is 2. The van der Waals surface area contributed by atoms with E-state index >= 15 is 0 Å². The molecule has 6 nitrogen and oxygen atoms in total. The summed E-state index contributed by atoms with van der Waals surface area (Å²) in [5.41, 5.74) is 0. The van der Waals surface area contributed by atoms with Gasteiger partial charge in [-0.3, -0.25) is 9.79 Å². The molecular weight excluding hydrogens is 328 g/mol. The first-order valence-electron chi connectivity index (χ1n) is 10.1. The normalized spacial score (nSPS) is 21.8. The third-order valence-corrected chi connectivity index (χ3v) is 5.35. The van der Waals surface area contributed by atoms with E-state index in [-0.39, 0.29) is 12.0 Å². The molecule has 6 heteroatoms. The summed E-state index contributed by atoms with van der Waals surface area (Å²) in [5, 5.41) is 6.80. The zero-order chi connectivity index (χ0) is 18.2. The minimum Gasteiger partial charge on any atom is -0.469 e. The molecule has 2 aliphatic rings. The maximum Gasteiger partial charge on any atom is 0.225 e. The summed E-state index contributed by atoms with van der Waals surface area (Å²) in [5.74, 6) is 2.41. The highest BCUT2D eigenvalue weighted by Gasteiger charge is 2.31. The van der Waals surface area contributed by atoms with Gasteiger partial charge >= 0.3 is 0 Å². The molecule has 0 radical (unpaired) electrons. The lowest BCUT2D eigenvalue weighted by Gasteiger charge is -2.26. The summed E-state index contributed by atoms with van der Waals surface area (Å²) >= 11 is 0. The molecule has 1 saturated heterocycles. The summed E-state index contributed by atoms with van der Waals surface area (Å²) in [4.78, 5) is 19.4. The van der Waals surface area contributed by atoms with Gasteiger partial charge in [0.05, 0.1) is 6.26 Å². The molecule has 144 valence electrons. The highest BCUT2D eigenvalue weighted by molar-refractivity contribution is 5.81. The number of carbonyl (C=O) groups excluding carboxylic acids is 1. The molecule has 1 amide bonds. The Morgan fingerprint density at radius 3 is 2.88 bits per heavy atom. The Kier molecular flexibility index (Phi) is 6.97. The van der Waals surface area contributed by atoms with Crippen LogP contribution in [0.3, 0.4) is 0 Å². The van der Waals surface area contributed by atoms with Crippen molar-refractivity contribution in [3.8, 4) is 0 Å². The van der Waals surface area contributed by atoms with E-state index in [4.69, 9.17) is 4.42 Å². The lowest BCUT2D eigenvalue weighted by molar-refractivity contribution is -0.135. The van der Waals surface area contributed by atoms with Gasteiger partial charge in [-0.25, -0.2) is 0 Å². The maximum absolute atomic E-state index is 12.7. The van der Waals surface area contributed by atoms with Crippen LogP contribution in [0.15, 0.2) is 27.8 Å². The van der Waals surface area contributed by atoms with E-state index in [1.165, 1.54) is 19.3 Å². The highest BCUT2D eigenvalue weighted by Crippen LogP contribution is 2.26. The molecule has 0 bridgehead atoms. The summed E-state index contributed by atoms with van der Waals surface area (Å²) in [6.07, 6.45) is 9.32. The van der Waals surface area contributed by atoms with Crippen molar-refractivity contribution in [2.75, 3.05) is 26.2 Å². The SMILES string of the molecule is CCNC(=NCCc1ccco1)NC1CCN(C(=O)C2CCCCC2)C1. The van der Waals surface area contributed by atoms with Gasteiger partial charge in [-0.15, -0.1) is 0 Å².